The first-order chi connectivity index (χ1) is 3.77. The van der Waals surface area contributed by atoms with Gasteiger partial charge in [-0.15, -0.1) is 0 Å². The summed E-state index contributed by atoms with van der Waals surface area (Å²) in [5.41, 5.74) is 5.49. The molecule has 0 bridgehead atoms. The van der Waals surface area contributed by atoms with E-state index in [2.05, 4.69) is 12.6 Å². The number of thiol groups is 1. The van der Waals surface area contributed by atoms with E-state index < -0.39 is 0 Å². The Morgan fingerprint density at radius 2 is 1.88 bits per heavy atom. The van der Waals surface area contributed by atoms with Gasteiger partial charge < -0.3 is 5.73 Å². The van der Waals surface area contributed by atoms with Crippen molar-refractivity contribution in [1.82, 2.24) is 0 Å². The molecule has 2 heteroatoms. The molecule has 1 aliphatic carbocycles. The minimum atomic E-state index is 0.208. The van der Waals surface area contributed by atoms with E-state index in [1.807, 2.05) is 0 Å². The minimum Gasteiger partial charge on any atom is -0.329 e. The Hall–Kier alpha value is 0.310. The average Bonchev–Trinajstić information content (AvgIpc) is 2.17. The van der Waals surface area contributed by atoms with Crippen LogP contribution in [0.4, 0.5) is 0 Å². The van der Waals surface area contributed by atoms with Crippen molar-refractivity contribution in [3.63, 3.8) is 0 Å². The van der Waals surface area contributed by atoms with Gasteiger partial charge in [0.15, 0.2) is 0 Å². The molecule has 48 valence electrons. The van der Waals surface area contributed by atoms with Crippen LogP contribution in [0.15, 0.2) is 0 Å². The zero-order chi connectivity index (χ0) is 6.04. The molecule has 0 spiro atoms. The summed E-state index contributed by atoms with van der Waals surface area (Å²) in [6.07, 6.45) is 5.07. The van der Waals surface area contributed by atoms with Crippen LogP contribution in [0.1, 0.15) is 25.7 Å². The van der Waals surface area contributed by atoms with Crippen molar-refractivity contribution in [2.45, 2.75) is 30.4 Å². The van der Waals surface area contributed by atoms with Gasteiger partial charge >= 0.3 is 0 Å². The smallest absolute Gasteiger partial charge is 0.0252 e. The third-order valence-corrected chi connectivity index (χ3v) is 2.54. The Morgan fingerprint density at radius 1 is 1.38 bits per heavy atom. The first kappa shape index (κ1) is 6.43. The van der Waals surface area contributed by atoms with E-state index in [0.29, 0.717) is 0 Å². The number of hydrogen-bond acceptors (Lipinski definition) is 2. The van der Waals surface area contributed by atoms with Crippen LogP contribution in [0.2, 0.25) is 0 Å². The fraction of sp³-hybridized carbons (Fsp3) is 1.00. The SMILES string of the molecule is NCC1(S)CCCC1. The van der Waals surface area contributed by atoms with Gasteiger partial charge in [0.1, 0.15) is 0 Å². The molecule has 1 aliphatic rings. The second-order valence-electron chi connectivity index (χ2n) is 2.64. The summed E-state index contributed by atoms with van der Waals surface area (Å²) in [5, 5.41) is 0. The predicted molar refractivity (Wildman–Crippen MR) is 39.2 cm³/mol. The maximum atomic E-state index is 5.49. The van der Waals surface area contributed by atoms with E-state index in [9.17, 15) is 0 Å². The topological polar surface area (TPSA) is 26.0 Å². The standard InChI is InChI=1S/C6H13NS/c7-5-6(8)3-1-2-4-6/h8H,1-5,7H2. The molecule has 0 atom stereocenters. The lowest BCUT2D eigenvalue weighted by Gasteiger charge is -2.18. The number of nitrogens with two attached hydrogens (primary N) is 1. The summed E-state index contributed by atoms with van der Waals surface area (Å²) >= 11 is 4.46. The zero-order valence-electron chi connectivity index (χ0n) is 5.06. The second-order valence-corrected chi connectivity index (χ2v) is 3.58. The fourth-order valence-electron chi connectivity index (χ4n) is 1.24. The van der Waals surface area contributed by atoms with Crippen molar-refractivity contribution in [1.29, 1.82) is 0 Å². The number of hydrogen-bond donors (Lipinski definition) is 2. The van der Waals surface area contributed by atoms with Gasteiger partial charge in [-0.25, -0.2) is 0 Å². The lowest BCUT2D eigenvalue weighted by Crippen LogP contribution is -2.27. The van der Waals surface area contributed by atoms with Crippen LogP contribution < -0.4 is 5.73 Å². The molecule has 1 fully saturated rings. The van der Waals surface area contributed by atoms with Crippen molar-refractivity contribution in [3.05, 3.63) is 0 Å². The molecule has 0 aromatic rings. The molecule has 1 nitrogen and oxygen atoms in total. The molecule has 8 heavy (non-hydrogen) atoms. The van der Waals surface area contributed by atoms with E-state index in [1.54, 1.807) is 0 Å². The maximum absolute atomic E-state index is 5.49. The number of rotatable bonds is 1. The molecule has 0 saturated heterocycles. The van der Waals surface area contributed by atoms with Crippen LogP contribution in [0, 0.1) is 0 Å². The molecular weight excluding hydrogens is 118 g/mol. The van der Waals surface area contributed by atoms with Crippen molar-refractivity contribution in [2.75, 3.05) is 6.54 Å². The van der Waals surface area contributed by atoms with Crippen LogP contribution in [-0.2, 0) is 0 Å². The Balaban J connectivity index is 2.40. The molecule has 0 radical (unpaired) electrons. The van der Waals surface area contributed by atoms with Crippen LogP contribution in [0.25, 0.3) is 0 Å². The summed E-state index contributed by atoms with van der Waals surface area (Å²) in [4.78, 5) is 0. The average molecular weight is 131 g/mol. The van der Waals surface area contributed by atoms with Gasteiger partial charge in [-0.1, -0.05) is 12.8 Å². The summed E-state index contributed by atoms with van der Waals surface area (Å²) in [7, 11) is 0. The predicted octanol–water partition coefficient (Wildman–Crippen LogP) is 1.19. The molecule has 1 rings (SSSR count). The Labute approximate surface area is 56.1 Å². The van der Waals surface area contributed by atoms with Crippen LogP contribution >= 0.6 is 12.6 Å². The van der Waals surface area contributed by atoms with Crippen molar-refractivity contribution < 1.29 is 0 Å². The first-order valence-electron chi connectivity index (χ1n) is 3.19. The zero-order valence-corrected chi connectivity index (χ0v) is 5.95. The highest BCUT2D eigenvalue weighted by Gasteiger charge is 2.27. The summed E-state index contributed by atoms with van der Waals surface area (Å²) in [6, 6.07) is 0. The van der Waals surface area contributed by atoms with E-state index in [0.717, 1.165) is 6.54 Å². The monoisotopic (exact) mass is 131 g/mol. The third kappa shape index (κ3) is 1.17. The van der Waals surface area contributed by atoms with Gasteiger partial charge in [-0.05, 0) is 12.8 Å². The largest absolute Gasteiger partial charge is 0.329 e. The fourth-order valence-corrected chi connectivity index (χ4v) is 1.55. The van der Waals surface area contributed by atoms with E-state index in [4.69, 9.17) is 5.73 Å². The Kier molecular flexibility index (Phi) is 1.83. The molecule has 1 saturated carbocycles. The molecular formula is C6H13NS. The lowest BCUT2D eigenvalue weighted by atomic mass is 10.1. The van der Waals surface area contributed by atoms with Crippen LogP contribution in [0.3, 0.4) is 0 Å². The van der Waals surface area contributed by atoms with Gasteiger partial charge in [-0.2, -0.15) is 12.6 Å². The Bertz CT molecular complexity index is 76.6. The minimum absolute atomic E-state index is 0.208. The summed E-state index contributed by atoms with van der Waals surface area (Å²) < 4.78 is 0.208. The molecule has 0 aliphatic heterocycles. The van der Waals surface area contributed by atoms with Gasteiger partial charge in [0.25, 0.3) is 0 Å². The van der Waals surface area contributed by atoms with E-state index in [-0.39, 0.29) is 4.75 Å². The Morgan fingerprint density at radius 3 is 2.12 bits per heavy atom. The van der Waals surface area contributed by atoms with Crippen molar-refractivity contribution in [2.24, 2.45) is 5.73 Å². The molecule has 0 heterocycles. The molecule has 2 N–H and O–H groups in total. The highest BCUT2D eigenvalue weighted by Crippen LogP contribution is 2.33. The van der Waals surface area contributed by atoms with Crippen LogP contribution in [-0.4, -0.2) is 11.3 Å². The van der Waals surface area contributed by atoms with Gasteiger partial charge in [0, 0.05) is 11.3 Å². The lowest BCUT2D eigenvalue weighted by molar-refractivity contribution is 0.625. The van der Waals surface area contributed by atoms with Crippen LogP contribution in [0.5, 0.6) is 0 Å². The normalized spacial score (nSPS) is 26.2. The van der Waals surface area contributed by atoms with Gasteiger partial charge in [0.2, 0.25) is 0 Å². The quantitative estimate of drug-likeness (QED) is 0.514. The van der Waals surface area contributed by atoms with Crippen molar-refractivity contribution in [3.8, 4) is 0 Å². The van der Waals surface area contributed by atoms with Gasteiger partial charge in [0.05, 0.1) is 0 Å². The van der Waals surface area contributed by atoms with E-state index >= 15 is 0 Å². The highest BCUT2D eigenvalue weighted by atomic mass is 32.1. The second kappa shape index (κ2) is 2.28. The summed E-state index contributed by atoms with van der Waals surface area (Å²) in [6.45, 7) is 0.746. The molecule has 0 amide bonds. The molecule has 0 unspecified atom stereocenters. The van der Waals surface area contributed by atoms with Crippen molar-refractivity contribution >= 4 is 12.6 Å². The summed E-state index contributed by atoms with van der Waals surface area (Å²) in [5.74, 6) is 0. The van der Waals surface area contributed by atoms with E-state index in [1.165, 1.54) is 25.7 Å². The molecule has 0 aromatic carbocycles. The third-order valence-electron chi connectivity index (χ3n) is 1.91. The highest BCUT2D eigenvalue weighted by molar-refractivity contribution is 7.81. The molecule has 0 aromatic heterocycles. The first-order valence-corrected chi connectivity index (χ1v) is 3.64. The maximum Gasteiger partial charge on any atom is 0.0252 e. The van der Waals surface area contributed by atoms with Gasteiger partial charge in [-0.3, -0.25) is 0 Å².